The number of hydrogen-bond donors (Lipinski definition) is 1. The van der Waals surface area contributed by atoms with Gasteiger partial charge in [0.25, 0.3) is 0 Å². The molecule has 1 aromatic rings. The Labute approximate surface area is 84.5 Å². The third kappa shape index (κ3) is 2.33. The smallest absolute Gasteiger partial charge is 0.380 e. The van der Waals surface area contributed by atoms with Crippen LogP contribution < -0.4 is 0 Å². The van der Waals surface area contributed by atoms with E-state index in [1.54, 1.807) is 0 Å². The van der Waals surface area contributed by atoms with E-state index < -0.39 is 18.0 Å². The molecular formula is C9H10F2O4. The molecule has 1 heterocycles. The molecule has 84 valence electrons. The van der Waals surface area contributed by atoms with E-state index in [1.807, 2.05) is 0 Å². The van der Waals surface area contributed by atoms with Crippen molar-refractivity contribution >= 4 is 5.97 Å². The lowest BCUT2D eigenvalue weighted by Crippen LogP contribution is -2.37. The van der Waals surface area contributed by atoms with Crippen LogP contribution in [0.1, 0.15) is 18.8 Å². The second kappa shape index (κ2) is 4.39. The lowest BCUT2D eigenvalue weighted by Gasteiger charge is -2.18. The first-order valence-corrected chi connectivity index (χ1v) is 4.26. The number of alkyl halides is 2. The minimum absolute atomic E-state index is 0.181. The van der Waals surface area contributed by atoms with E-state index in [9.17, 15) is 18.7 Å². The van der Waals surface area contributed by atoms with Gasteiger partial charge in [-0.25, -0.2) is 4.79 Å². The first-order valence-electron chi connectivity index (χ1n) is 4.26. The normalized spacial score (nSPS) is 13.6. The van der Waals surface area contributed by atoms with Crippen molar-refractivity contribution in [1.82, 2.24) is 0 Å². The number of rotatable bonds is 4. The largest absolute Gasteiger partial charge is 0.466 e. The van der Waals surface area contributed by atoms with Crippen LogP contribution in [0, 0.1) is 0 Å². The zero-order valence-electron chi connectivity index (χ0n) is 7.94. The summed E-state index contributed by atoms with van der Waals surface area (Å²) in [7, 11) is 0. The number of halogens is 2. The average Bonchev–Trinajstić information content (AvgIpc) is 2.69. The van der Waals surface area contributed by atoms with Gasteiger partial charge >= 0.3 is 11.9 Å². The van der Waals surface area contributed by atoms with Gasteiger partial charge in [-0.1, -0.05) is 0 Å². The van der Waals surface area contributed by atoms with Gasteiger partial charge in [0.15, 0.2) is 6.10 Å². The van der Waals surface area contributed by atoms with E-state index in [-0.39, 0.29) is 12.4 Å². The van der Waals surface area contributed by atoms with Crippen molar-refractivity contribution in [2.45, 2.75) is 19.0 Å². The summed E-state index contributed by atoms with van der Waals surface area (Å²) in [5.74, 6) is -6.16. The van der Waals surface area contributed by atoms with Gasteiger partial charge in [-0.05, 0) is 19.1 Å². The summed E-state index contributed by atoms with van der Waals surface area (Å²) in [6.07, 6.45) is -1.20. The molecule has 0 aliphatic rings. The Morgan fingerprint density at radius 1 is 1.73 bits per heavy atom. The van der Waals surface area contributed by atoms with Crippen molar-refractivity contribution in [2.75, 3.05) is 6.61 Å². The fourth-order valence-corrected chi connectivity index (χ4v) is 0.964. The van der Waals surface area contributed by atoms with Crippen LogP contribution in [-0.4, -0.2) is 23.6 Å². The number of aliphatic hydroxyl groups excluding tert-OH is 1. The lowest BCUT2D eigenvalue weighted by molar-refractivity contribution is -0.190. The van der Waals surface area contributed by atoms with Crippen molar-refractivity contribution in [3.05, 3.63) is 24.2 Å². The van der Waals surface area contributed by atoms with Crippen molar-refractivity contribution in [3.8, 4) is 0 Å². The fourth-order valence-electron chi connectivity index (χ4n) is 0.964. The number of ether oxygens (including phenoxy) is 1. The molecule has 0 aliphatic carbocycles. The summed E-state index contributed by atoms with van der Waals surface area (Å²) >= 11 is 0. The second-order valence-electron chi connectivity index (χ2n) is 2.76. The van der Waals surface area contributed by atoms with Crippen molar-refractivity contribution in [2.24, 2.45) is 0 Å². The Morgan fingerprint density at radius 2 is 2.40 bits per heavy atom. The van der Waals surface area contributed by atoms with Gasteiger partial charge in [-0.2, -0.15) is 8.78 Å². The molecule has 1 unspecified atom stereocenters. The molecule has 4 nitrogen and oxygen atoms in total. The number of furan rings is 1. The Kier molecular flexibility index (Phi) is 3.41. The average molecular weight is 220 g/mol. The van der Waals surface area contributed by atoms with Gasteiger partial charge in [-0.3, -0.25) is 0 Å². The minimum Gasteiger partial charge on any atom is -0.466 e. The highest BCUT2D eigenvalue weighted by Gasteiger charge is 2.50. The van der Waals surface area contributed by atoms with Gasteiger partial charge in [0, 0.05) is 0 Å². The van der Waals surface area contributed by atoms with E-state index in [4.69, 9.17) is 0 Å². The zero-order valence-corrected chi connectivity index (χ0v) is 7.94. The summed E-state index contributed by atoms with van der Waals surface area (Å²) in [4.78, 5) is 10.8. The van der Waals surface area contributed by atoms with E-state index in [0.29, 0.717) is 0 Å². The van der Waals surface area contributed by atoms with Crippen LogP contribution in [0.5, 0.6) is 0 Å². The van der Waals surface area contributed by atoms with Crippen LogP contribution in [0.3, 0.4) is 0 Å². The molecule has 0 aliphatic heterocycles. The van der Waals surface area contributed by atoms with Crippen LogP contribution in [-0.2, 0) is 9.53 Å². The molecule has 6 heteroatoms. The molecule has 0 saturated heterocycles. The first-order chi connectivity index (χ1) is 7.00. The zero-order chi connectivity index (χ0) is 11.5. The molecule has 15 heavy (non-hydrogen) atoms. The predicted molar refractivity (Wildman–Crippen MR) is 45.2 cm³/mol. The van der Waals surface area contributed by atoms with Crippen LogP contribution in [0.15, 0.2) is 22.8 Å². The summed E-state index contributed by atoms with van der Waals surface area (Å²) in [5, 5.41) is 9.19. The third-order valence-electron chi connectivity index (χ3n) is 1.70. The fraction of sp³-hybridized carbons (Fsp3) is 0.444. The maximum Gasteiger partial charge on any atom is 0.380 e. The molecule has 1 rings (SSSR count). The van der Waals surface area contributed by atoms with E-state index in [1.165, 1.54) is 13.0 Å². The Balaban J connectivity index is 2.81. The molecule has 0 aromatic carbocycles. The van der Waals surface area contributed by atoms with Crippen molar-refractivity contribution < 1.29 is 27.8 Å². The van der Waals surface area contributed by atoms with Gasteiger partial charge in [-0.15, -0.1) is 0 Å². The van der Waals surface area contributed by atoms with Crippen molar-refractivity contribution in [3.63, 3.8) is 0 Å². The highest BCUT2D eigenvalue weighted by Crippen LogP contribution is 2.32. The van der Waals surface area contributed by atoms with E-state index >= 15 is 0 Å². The maximum absolute atomic E-state index is 13.2. The lowest BCUT2D eigenvalue weighted by atomic mass is 10.1. The van der Waals surface area contributed by atoms with Crippen molar-refractivity contribution in [1.29, 1.82) is 0 Å². The highest BCUT2D eigenvalue weighted by molar-refractivity contribution is 5.78. The third-order valence-corrected chi connectivity index (χ3v) is 1.70. The van der Waals surface area contributed by atoms with Crippen LogP contribution in [0.25, 0.3) is 0 Å². The standard InChI is InChI=1S/C9H10F2O4/c1-2-14-8(13)9(10,11)7(12)6-4-3-5-15-6/h3-5,7,12H,2H2,1H3. The van der Waals surface area contributed by atoms with E-state index in [0.717, 1.165) is 12.3 Å². The van der Waals surface area contributed by atoms with Crippen LogP contribution in [0.2, 0.25) is 0 Å². The molecule has 0 spiro atoms. The molecule has 0 fully saturated rings. The van der Waals surface area contributed by atoms with Gasteiger partial charge in [0.05, 0.1) is 12.9 Å². The number of carbonyl (C=O) groups excluding carboxylic acids is 1. The topological polar surface area (TPSA) is 59.7 Å². The molecule has 0 amide bonds. The molecule has 1 N–H and O–H groups in total. The Morgan fingerprint density at radius 3 is 2.87 bits per heavy atom. The summed E-state index contributed by atoms with van der Waals surface area (Å²) in [6.45, 7) is 1.21. The molecule has 0 radical (unpaired) electrons. The first kappa shape index (κ1) is 11.6. The number of esters is 1. The predicted octanol–water partition coefficient (Wildman–Crippen LogP) is 1.51. The SMILES string of the molecule is CCOC(=O)C(F)(F)C(O)c1ccco1. The Bertz CT molecular complexity index is 321. The summed E-state index contributed by atoms with van der Waals surface area (Å²) in [5.41, 5.74) is 0. The maximum atomic E-state index is 13.2. The molecule has 0 saturated carbocycles. The highest BCUT2D eigenvalue weighted by atomic mass is 19.3. The second-order valence-corrected chi connectivity index (χ2v) is 2.76. The molecule has 1 atom stereocenters. The van der Waals surface area contributed by atoms with Gasteiger partial charge < -0.3 is 14.3 Å². The van der Waals surface area contributed by atoms with Gasteiger partial charge in [0.1, 0.15) is 5.76 Å². The number of carbonyl (C=O) groups is 1. The number of hydrogen-bond acceptors (Lipinski definition) is 4. The molecular weight excluding hydrogens is 210 g/mol. The number of aliphatic hydroxyl groups is 1. The van der Waals surface area contributed by atoms with Crippen LogP contribution in [0.4, 0.5) is 8.78 Å². The molecule has 1 aromatic heterocycles. The molecule has 0 bridgehead atoms. The Hall–Kier alpha value is -1.43. The quantitative estimate of drug-likeness (QED) is 0.781. The monoisotopic (exact) mass is 220 g/mol. The summed E-state index contributed by atoms with van der Waals surface area (Å²) < 4.78 is 35.1. The van der Waals surface area contributed by atoms with Gasteiger partial charge in [0.2, 0.25) is 0 Å². The van der Waals surface area contributed by atoms with E-state index in [2.05, 4.69) is 9.15 Å². The summed E-state index contributed by atoms with van der Waals surface area (Å²) in [6, 6.07) is 2.48. The van der Waals surface area contributed by atoms with Crippen LogP contribution >= 0.6 is 0 Å². The minimum atomic E-state index is -4.01.